The first-order valence-corrected chi connectivity index (χ1v) is 8.81. The highest BCUT2D eigenvalue weighted by Crippen LogP contribution is 2.30. The summed E-state index contributed by atoms with van der Waals surface area (Å²) in [5, 5.41) is 0. The van der Waals surface area contributed by atoms with Gasteiger partial charge in [0.1, 0.15) is 0 Å². The molecule has 0 spiro atoms. The van der Waals surface area contributed by atoms with Crippen LogP contribution < -0.4 is 4.90 Å². The molecule has 2 aromatic carbocycles. The molecule has 1 aliphatic carbocycles. The highest BCUT2D eigenvalue weighted by Gasteiger charge is 2.22. The van der Waals surface area contributed by atoms with Gasteiger partial charge in [-0.2, -0.15) is 0 Å². The van der Waals surface area contributed by atoms with Crippen LogP contribution >= 0.6 is 15.9 Å². The molecule has 3 heteroatoms. The van der Waals surface area contributed by atoms with Gasteiger partial charge in [-0.05, 0) is 60.4 Å². The number of hydrogen-bond donors (Lipinski definition) is 0. The molecule has 1 aliphatic rings. The second-order valence-electron chi connectivity index (χ2n) is 6.21. The number of Topliss-reactive ketones (excluding diaryl/α,β-unsaturated/α-hetero) is 1. The lowest BCUT2D eigenvalue weighted by Gasteiger charge is -2.11. The van der Waals surface area contributed by atoms with Gasteiger partial charge in [-0.3, -0.25) is 4.79 Å². The molecular weight excluding hydrogens is 362 g/mol. The first kappa shape index (κ1) is 16.7. The number of nitrogens with zero attached hydrogens (tertiary/aromatic N) is 1. The van der Waals surface area contributed by atoms with Gasteiger partial charge in [0.2, 0.25) is 0 Å². The fourth-order valence-electron chi connectivity index (χ4n) is 2.81. The Hall–Kier alpha value is -2.13. The second kappa shape index (κ2) is 7.18. The van der Waals surface area contributed by atoms with E-state index in [0.717, 1.165) is 45.3 Å². The third-order valence-electron chi connectivity index (χ3n) is 4.21. The van der Waals surface area contributed by atoms with E-state index >= 15 is 0 Å². The number of anilines is 1. The van der Waals surface area contributed by atoms with Gasteiger partial charge in [0.15, 0.2) is 5.78 Å². The fraction of sp³-hybridized carbons (Fsp3) is 0.190. The minimum atomic E-state index is 0.176. The molecule has 122 valence electrons. The van der Waals surface area contributed by atoms with E-state index < -0.39 is 0 Å². The fourth-order valence-corrected chi connectivity index (χ4v) is 3.07. The van der Waals surface area contributed by atoms with Gasteiger partial charge in [-0.1, -0.05) is 40.2 Å². The van der Waals surface area contributed by atoms with Crippen LogP contribution in [-0.2, 0) is 4.79 Å². The predicted octanol–water partition coefficient (Wildman–Crippen LogP) is 5.35. The summed E-state index contributed by atoms with van der Waals surface area (Å²) >= 11 is 3.43. The quantitative estimate of drug-likeness (QED) is 0.668. The first-order valence-electron chi connectivity index (χ1n) is 8.02. The Morgan fingerprint density at radius 2 is 1.29 bits per heavy atom. The van der Waals surface area contributed by atoms with Crippen molar-refractivity contribution in [2.75, 3.05) is 19.0 Å². The third-order valence-corrected chi connectivity index (χ3v) is 4.74. The Bertz CT molecular complexity index is 799. The van der Waals surface area contributed by atoms with Crippen LogP contribution in [0.3, 0.4) is 0 Å². The van der Waals surface area contributed by atoms with Crippen LogP contribution in [0.15, 0.2) is 64.1 Å². The SMILES string of the molecule is CN(C)c1ccc(C=C2CCC(=Cc3ccc(Br)cc3)C2=O)cc1. The van der Waals surface area contributed by atoms with Crippen molar-refractivity contribution >= 4 is 39.6 Å². The van der Waals surface area contributed by atoms with Crippen molar-refractivity contribution in [2.45, 2.75) is 12.8 Å². The van der Waals surface area contributed by atoms with E-state index in [0.29, 0.717) is 0 Å². The average molecular weight is 382 g/mol. The molecule has 3 rings (SSSR count). The summed E-state index contributed by atoms with van der Waals surface area (Å²) in [7, 11) is 4.04. The van der Waals surface area contributed by atoms with E-state index in [1.807, 2.05) is 50.5 Å². The molecular formula is C21H20BrNO. The van der Waals surface area contributed by atoms with Crippen LogP contribution in [0.5, 0.6) is 0 Å². The predicted molar refractivity (Wildman–Crippen MR) is 105 cm³/mol. The lowest BCUT2D eigenvalue weighted by atomic mass is 10.1. The number of halogens is 1. The normalized spacial score (nSPS) is 17.7. The van der Waals surface area contributed by atoms with Crippen molar-refractivity contribution in [3.63, 3.8) is 0 Å². The van der Waals surface area contributed by atoms with Crippen LogP contribution in [0.4, 0.5) is 5.69 Å². The first-order chi connectivity index (χ1) is 11.5. The lowest BCUT2D eigenvalue weighted by molar-refractivity contribution is -0.111. The largest absolute Gasteiger partial charge is 0.378 e. The molecule has 2 aromatic rings. The highest BCUT2D eigenvalue weighted by molar-refractivity contribution is 9.10. The summed E-state index contributed by atoms with van der Waals surface area (Å²) in [6.45, 7) is 0. The van der Waals surface area contributed by atoms with Crippen molar-refractivity contribution < 1.29 is 4.79 Å². The molecule has 1 fully saturated rings. The molecule has 0 heterocycles. The molecule has 0 unspecified atom stereocenters. The van der Waals surface area contributed by atoms with Crippen molar-refractivity contribution in [2.24, 2.45) is 0 Å². The molecule has 0 atom stereocenters. The maximum Gasteiger partial charge on any atom is 0.185 e. The Morgan fingerprint density at radius 3 is 1.75 bits per heavy atom. The summed E-state index contributed by atoms with van der Waals surface area (Å²) in [6, 6.07) is 16.3. The van der Waals surface area contributed by atoms with Crippen LogP contribution in [-0.4, -0.2) is 19.9 Å². The zero-order valence-electron chi connectivity index (χ0n) is 13.9. The third kappa shape index (κ3) is 3.85. The summed E-state index contributed by atoms with van der Waals surface area (Å²) in [4.78, 5) is 14.7. The number of carbonyl (C=O) groups excluding carboxylic acids is 1. The Kier molecular flexibility index (Phi) is 5.00. The molecule has 1 saturated carbocycles. The minimum Gasteiger partial charge on any atom is -0.378 e. The second-order valence-corrected chi connectivity index (χ2v) is 7.12. The smallest absolute Gasteiger partial charge is 0.185 e. The number of allylic oxidation sites excluding steroid dienone is 2. The zero-order chi connectivity index (χ0) is 17.1. The van der Waals surface area contributed by atoms with Gasteiger partial charge < -0.3 is 4.90 Å². The van der Waals surface area contributed by atoms with Gasteiger partial charge in [0, 0.05) is 35.4 Å². The topological polar surface area (TPSA) is 20.3 Å². The monoisotopic (exact) mass is 381 g/mol. The zero-order valence-corrected chi connectivity index (χ0v) is 15.5. The molecule has 0 aliphatic heterocycles. The molecule has 0 aromatic heterocycles. The number of hydrogen-bond acceptors (Lipinski definition) is 2. The van der Waals surface area contributed by atoms with Gasteiger partial charge in [-0.15, -0.1) is 0 Å². The molecule has 0 N–H and O–H groups in total. The average Bonchev–Trinajstić information content (AvgIpc) is 2.91. The molecule has 0 saturated heterocycles. The summed E-state index contributed by atoms with van der Waals surface area (Å²) in [5.41, 5.74) is 5.10. The maximum absolute atomic E-state index is 12.6. The number of carbonyl (C=O) groups is 1. The molecule has 24 heavy (non-hydrogen) atoms. The van der Waals surface area contributed by atoms with E-state index in [1.165, 1.54) is 0 Å². The Morgan fingerprint density at radius 1 is 0.833 bits per heavy atom. The van der Waals surface area contributed by atoms with Crippen LogP contribution in [0, 0.1) is 0 Å². The van der Waals surface area contributed by atoms with E-state index in [4.69, 9.17) is 0 Å². The standard InChI is InChI=1S/C21H20BrNO/c1-23(2)20-11-5-16(6-12-20)14-18-8-7-17(21(18)24)13-15-3-9-19(22)10-4-15/h3-6,9-14H,7-8H2,1-2H3. The summed E-state index contributed by atoms with van der Waals surface area (Å²) in [5.74, 6) is 0.176. The number of ketones is 1. The summed E-state index contributed by atoms with van der Waals surface area (Å²) < 4.78 is 1.05. The van der Waals surface area contributed by atoms with Crippen LogP contribution in [0.25, 0.3) is 12.2 Å². The number of benzene rings is 2. The van der Waals surface area contributed by atoms with Gasteiger partial charge in [0.25, 0.3) is 0 Å². The maximum atomic E-state index is 12.6. The minimum absolute atomic E-state index is 0.176. The van der Waals surface area contributed by atoms with Crippen molar-refractivity contribution in [3.8, 4) is 0 Å². The van der Waals surface area contributed by atoms with E-state index in [9.17, 15) is 4.79 Å². The molecule has 0 bridgehead atoms. The lowest BCUT2D eigenvalue weighted by Crippen LogP contribution is -2.07. The molecule has 2 nitrogen and oxygen atoms in total. The molecule has 0 amide bonds. The van der Waals surface area contributed by atoms with E-state index in [2.05, 4.69) is 45.1 Å². The van der Waals surface area contributed by atoms with Gasteiger partial charge >= 0.3 is 0 Å². The molecule has 0 radical (unpaired) electrons. The van der Waals surface area contributed by atoms with Gasteiger partial charge in [0.05, 0.1) is 0 Å². The van der Waals surface area contributed by atoms with Crippen molar-refractivity contribution in [3.05, 3.63) is 75.3 Å². The van der Waals surface area contributed by atoms with Gasteiger partial charge in [-0.25, -0.2) is 0 Å². The van der Waals surface area contributed by atoms with Crippen molar-refractivity contribution in [1.82, 2.24) is 0 Å². The Balaban J connectivity index is 1.79. The van der Waals surface area contributed by atoms with Crippen molar-refractivity contribution in [1.29, 1.82) is 0 Å². The number of rotatable bonds is 3. The van der Waals surface area contributed by atoms with Crippen LogP contribution in [0.1, 0.15) is 24.0 Å². The van der Waals surface area contributed by atoms with Crippen LogP contribution in [0.2, 0.25) is 0 Å². The van der Waals surface area contributed by atoms with E-state index in [1.54, 1.807) is 0 Å². The highest BCUT2D eigenvalue weighted by atomic mass is 79.9. The summed E-state index contributed by atoms with van der Waals surface area (Å²) in [6.07, 6.45) is 5.65. The Labute approximate surface area is 151 Å². The van der Waals surface area contributed by atoms with E-state index in [-0.39, 0.29) is 5.78 Å².